The topological polar surface area (TPSA) is 130 Å². The summed E-state index contributed by atoms with van der Waals surface area (Å²) in [7, 11) is 0. The molecule has 0 aliphatic carbocycles. The predicted octanol–water partition coefficient (Wildman–Crippen LogP) is 2.04. The fraction of sp³-hybridized carbons (Fsp3) is 0.286. The molecule has 1 heterocycles. The molecular formula is C21H25N3O5. The molecule has 0 fully saturated rings. The van der Waals surface area contributed by atoms with E-state index in [2.05, 4.69) is 10.3 Å². The number of aliphatic hydroxyl groups excluding tert-OH is 1. The van der Waals surface area contributed by atoms with Crippen LogP contribution in [-0.4, -0.2) is 46.6 Å². The van der Waals surface area contributed by atoms with Crippen LogP contribution in [0.3, 0.4) is 0 Å². The van der Waals surface area contributed by atoms with Gasteiger partial charge in [0.25, 0.3) is 5.91 Å². The molecule has 3 rings (SSSR count). The number of hydrogen-bond donors (Lipinski definition) is 5. The molecule has 0 aliphatic heterocycles. The average molecular weight is 399 g/mol. The van der Waals surface area contributed by atoms with E-state index in [4.69, 9.17) is 15.2 Å². The fourth-order valence-electron chi connectivity index (χ4n) is 2.97. The fourth-order valence-corrected chi connectivity index (χ4v) is 2.97. The highest BCUT2D eigenvalue weighted by molar-refractivity contribution is 5.95. The number of aromatic nitrogens is 1. The van der Waals surface area contributed by atoms with Gasteiger partial charge in [-0.25, -0.2) is 0 Å². The van der Waals surface area contributed by atoms with Gasteiger partial charge in [-0.05, 0) is 50.2 Å². The molecule has 2 aromatic carbocycles. The summed E-state index contributed by atoms with van der Waals surface area (Å²) in [6.07, 6.45) is -1.21. The van der Waals surface area contributed by atoms with E-state index in [1.165, 1.54) is 18.2 Å². The van der Waals surface area contributed by atoms with E-state index < -0.39 is 18.2 Å². The van der Waals surface area contributed by atoms with Gasteiger partial charge >= 0.3 is 0 Å². The lowest BCUT2D eigenvalue weighted by molar-refractivity contribution is 0.0872. The van der Waals surface area contributed by atoms with Crippen LogP contribution in [0.4, 0.5) is 0 Å². The van der Waals surface area contributed by atoms with Gasteiger partial charge in [-0.3, -0.25) is 10.1 Å². The highest BCUT2D eigenvalue weighted by atomic mass is 16.5. The Morgan fingerprint density at radius 2 is 2.07 bits per heavy atom. The van der Waals surface area contributed by atoms with Crippen LogP contribution in [0.15, 0.2) is 42.5 Å². The molecule has 154 valence electrons. The second kappa shape index (κ2) is 8.85. The van der Waals surface area contributed by atoms with Crippen LogP contribution in [0.25, 0.3) is 10.9 Å². The van der Waals surface area contributed by atoms with E-state index in [0.717, 1.165) is 16.6 Å². The number of H-pyrrole nitrogens is 1. The standard InChI is InChI=1S/C21H25N3O5/c1-12-8-16-18(24-12)4-3-5-20(16)28-11-14(25)10-23-13(2)29-15-6-7-19(26)17(9-15)21(22)27/h3-9,13-14,23-26H,10-11H2,1-2H3,(H2,22,27). The van der Waals surface area contributed by atoms with Crippen LogP contribution >= 0.6 is 0 Å². The summed E-state index contributed by atoms with van der Waals surface area (Å²) in [4.78, 5) is 14.5. The second-order valence-corrected chi connectivity index (χ2v) is 6.85. The first-order chi connectivity index (χ1) is 13.8. The molecule has 0 bridgehead atoms. The van der Waals surface area contributed by atoms with Crippen LogP contribution in [0, 0.1) is 6.92 Å². The summed E-state index contributed by atoms with van der Waals surface area (Å²) in [5, 5.41) is 23.8. The number of aromatic hydroxyl groups is 1. The molecule has 0 spiro atoms. The molecule has 8 nitrogen and oxygen atoms in total. The molecule has 3 aromatic rings. The van der Waals surface area contributed by atoms with Crippen molar-refractivity contribution < 1.29 is 24.5 Å². The van der Waals surface area contributed by atoms with Crippen molar-refractivity contribution in [2.24, 2.45) is 5.73 Å². The Morgan fingerprint density at radius 1 is 1.28 bits per heavy atom. The van der Waals surface area contributed by atoms with Gasteiger partial charge < -0.3 is 30.4 Å². The van der Waals surface area contributed by atoms with E-state index in [1.807, 2.05) is 31.2 Å². The SMILES string of the molecule is Cc1cc2c(OCC(O)CNC(C)Oc3ccc(O)c(C(N)=O)c3)cccc2[nH]1. The minimum absolute atomic E-state index is 0.0164. The summed E-state index contributed by atoms with van der Waals surface area (Å²) >= 11 is 0. The smallest absolute Gasteiger partial charge is 0.252 e. The van der Waals surface area contributed by atoms with Gasteiger partial charge in [0, 0.05) is 23.1 Å². The van der Waals surface area contributed by atoms with E-state index in [-0.39, 0.29) is 24.5 Å². The van der Waals surface area contributed by atoms with Crippen molar-refractivity contribution in [2.45, 2.75) is 26.2 Å². The zero-order valence-electron chi connectivity index (χ0n) is 16.3. The molecule has 1 aromatic heterocycles. The lowest BCUT2D eigenvalue weighted by Crippen LogP contribution is -2.39. The first kappa shape index (κ1) is 20.5. The number of phenols is 1. The number of carbonyl (C=O) groups excluding carboxylic acids is 1. The number of rotatable bonds is 9. The van der Waals surface area contributed by atoms with Crippen molar-refractivity contribution in [3.63, 3.8) is 0 Å². The Bertz CT molecular complexity index is 1000. The number of fused-ring (bicyclic) bond motifs is 1. The molecule has 2 atom stereocenters. The number of hydrogen-bond acceptors (Lipinski definition) is 6. The quantitative estimate of drug-likeness (QED) is 0.350. The van der Waals surface area contributed by atoms with Crippen molar-refractivity contribution in [1.82, 2.24) is 10.3 Å². The predicted molar refractivity (Wildman–Crippen MR) is 109 cm³/mol. The average Bonchev–Trinajstić information content (AvgIpc) is 3.06. The molecule has 0 radical (unpaired) electrons. The highest BCUT2D eigenvalue weighted by Gasteiger charge is 2.13. The number of nitrogens with two attached hydrogens (primary N) is 1. The van der Waals surface area contributed by atoms with E-state index in [0.29, 0.717) is 11.5 Å². The first-order valence-electron chi connectivity index (χ1n) is 9.25. The molecule has 8 heteroatoms. The normalized spacial score (nSPS) is 13.2. The van der Waals surface area contributed by atoms with Crippen molar-refractivity contribution in [1.29, 1.82) is 0 Å². The van der Waals surface area contributed by atoms with Gasteiger partial charge in [0.05, 0.1) is 5.56 Å². The third kappa shape index (κ3) is 5.18. The maximum Gasteiger partial charge on any atom is 0.252 e. The second-order valence-electron chi connectivity index (χ2n) is 6.85. The molecule has 0 saturated carbocycles. The van der Waals surface area contributed by atoms with Gasteiger partial charge in [0.15, 0.2) is 0 Å². The number of aliphatic hydroxyl groups is 1. The summed E-state index contributed by atoms with van der Waals surface area (Å²) < 4.78 is 11.4. The number of benzene rings is 2. The van der Waals surface area contributed by atoms with Crippen LogP contribution in [0.1, 0.15) is 23.0 Å². The van der Waals surface area contributed by atoms with Gasteiger partial charge in [0.1, 0.15) is 36.2 Å². The summed E-state index contributed by atoms with van der Waals surface area (Å²) in [5.74, 6) is 0.134. The number of ether oxygens (including phenoxy) is 2. The summed E-state index contributed by atoms with van der Waals surface area (Å²) in [6.45, 7) is 4.09. The Hall–Kier alpha value is -3.23. The Labute approximate surface area is 168 Å². The maximum absolute atomic E-state index is 11.3. The van der Waals surface area contributed by atoms with Gasteiger partial charge in [-0.15, -0.1) is 0 Å². The van der Waals surface area contributed by atoms with Crippen LogP contribution in [0.2, 0.25) is 0 Å². The number of aromatic amines is 1. The van der Waals surface area contributed by atoms with Gasteiger partial charge in [0.2, 0.25) is 0 Å². The van der Waals surface area contributed by atoms with Crippen molar-refractivity contribution >= 4 is 16.8 Å². The number of primary amides is 1. The molecule has 2 unspecified atom stereocenters. The zero-order valence-corrected chi connectivity index (χ0v) is 16.3. The molecule has 0 saturated heterocycles. The lowest BCUT2D eigenvalue weighted by Gasteiger charge is -2.19. The number of aryl methyl sites for hydroxylation is 1. The monoisotopic (exact) mass is 399 g/mol. The van der Waals surface area contributed by atoms with Crippen molar-refractivity contribution in [3.05, 3.63) is 53.7 Å². The Morgan fingerprint density at radius 3 is 2.83 bits per heavy atom. The van der Waals surface area contributed by atoms with Crippen LogP contribution in [0.5, 0.6) is 17.2 Å². The highest BCUT2D eigenvalue weighted by Crippen LogP contribution is 2.26. The molecule has 0 aliphatic rings. The zero-order chi connectivity index (χ0) is 21.0. The van der Waals surface area contributed by atoms with E-state index in [9.17, 15) is 15.0 Å². The molecule has 1 amide bonds. The van der Waals surface area contributed by atoms with Crippen molar-refractivity contribution in [3.8, 4) is 17.2 Å². The third-order valence-electron chi connectivity index (χ3n) is 4.38. The number of amides is 1. The molecule has 6 N–H and O–H groups in total. The number of nitrogens with one attached hydrogen (secondary N) is 2. The first-order valence-corrected chi connectivity index (χ1v) is 9.25. The largest absolute Gasteiger partial charge is 0.507 e. The van der Waals surface area contributed by atoms with Crippen LogP contribution < -0.4 is 20.5 Å². The van der Waals surface area contributed by atoms with E-state index in [1.54, 1.807) is 6.92 Å². The molecular weight excluding hydrogens is 374 g/mol. The summed E-state index contributed by atoms with van der Waals surface area (Å²) in [5.41, 5.74) is 7.22. The summed E-state index contributed by atoms with van der Waals surface area (Å²) in [6, 6.07) is 12.0. The number of carbonyl (C=O) groups is 1. The third-order valence-corrected chi connectivity index (χ3v) is 4.38. The Balaban J connectivity index is 1.49. The lowest BCUT2D eigenvalue weighted by atomic mass is 10.2. The van der Waals surface area contributed by atoms with Gasteiger partial charge in [-0.2, -0.15) is 0 Å². The van der Waals surface area contributed by atoms with Crippen molar-refractivity contribution in [2.75, 3.05) is 13.2 Å². The maximum atomic E-state index is 11.3. The van der Waals surface area contributed by atoms with E-state index >= 15 is 0 Å². The minimum Gasteiger partial charge on any atom is -0.507 e. The molecule has 29 heavy (non-hydrogen) atoms. The van der Waals surface area contributed by atoms with Gasteiger partial charge in [-0.1, -0.05) is 6.07 Å². The van der Waals surface area contributed by atoms with Crippen LogP contribution in [-0.2, 0) is 0 Å². The minimum atomic E-state index is -0.752. The Kier molecular flexibility index (Phi) is 6.26.